The molecule has 0 atom stereocenters. The zero-order valence-corrected chi connectivity index (χ0v) is 13.1. The van der Waals surface area contributed by atoms with Crippen molar-refractivity contribution in [1.82, 2.24) is 9.80 Å². The molecule has 1 heterocycles. The van der Waals surface area contributed by atoms with Crippen LogP contribution in [0.4, 0.5) is 0 Å². The van der Waals surface area contributed by atoms with Crippen LogP contribution in [0.1, 0.15) is 46.0 Å². The maximum atomic E-state index is 12.2. The molecular weight excluding hydrogens is 238 g/mol. The third kappa shape index (κ3) is 5.49. The summed E-state index contributed by atoms with van der Waals surface area (Å²) in [6.07, 6.45) is 4.80. The monoisotopic (exact) mass is 269 g/mol. The fraction of sp³-hybridized carbons (Fsp3) is 0.933. The molecule has 112 valence electrons. The minimum atomic E-state index is 0.187. The van der Waals surface area contributed by atoms with Gasteiger partial charge in [0, 0.05) is 25.6 Å². The molecule has 1 fully saturated rings. The Labute approximate surface area is 118 Å². The van der Waals surface area contributed by atoms with Crippen LogP contribution >= 0.6 is 0 Å². The van der Waals surface area contributed by atoms with Gasteiger partial charge in [-0.3, -0.25) is 4.79 Å². The van der Waals surface area contributed by atoms with Gasteiger partial charge in [-0.15, -0.1) is 0 Å². The summed E-state index contributed by atoms with van der Waals surface area (Å²) in [7, 11) is 4.25. The highest BCUT2D eigenvalue weighted by atomic mass is 16.2. The molecule has 0 spiro atoms. The summed E-state index contributed by atoms with van der Waals surface area (Å²) in [6.45, 7) is 6.93. The van der Waals surface area contributed by atoms with E-state index >= 15 is 0 Å². The van der Waals surface area contributed by atoms with Crippen molar-refractivity contribution >= 4 is 5.91 Å². The SMILES string of the molecule is CN(C)C1CCN(C(=O)CCC(C)(C)CCN)CC1. The maximum Gasteiger partial charge on any atom is 0.222 e. The zero-order chi connectivity index (χ0) is 14.5. The summed E-state index contributed by atoms with van der Waals surface area (Å²) in [5.74, 6) is 0.322. The van der Waals surface area contributed by atoms with E-state index in [2.05, 4.69) is 32.8 Å². The Balaban J connectivity index is 2.32. The first kappa shape index (κ1) is 16.4. The first-order valence-corrected chi connectivity index (χ1v) is 7.50. The largest absolute Gasteiger partial charge is 0.343 e. The molecule has 2 N–H and O–H groups in total. The van der Waals surface area contributed by atoms with Crippen molar-refractivity contribution in [1.29, 1.82) is 0 Å². The van der Waals surface area contributed by atoms with Crippen LogP contribution in [-0.2, 0) is 4.79 Å². The lowest BCUT2D eigenvalue weighted by atomic mass is 9.84. The molecule has 0 aromatic heterocycles. The van der Waals surface area contributed by atoms with E-state index in [4.69, 9.17) is 5.73 Å². The van der Waals surface area contributed by atoms with E-state index in [1.165, 1.54) is 0 Å². The third-order valence-electron chi connectivity index (χ3n) is 4.38. The molecule has 1 rings (SSSR count). The second-order valence-corrected chi connectivity index (χ2v) is 6.78. The molecule has 0 radical (unpaired) electrons. The van der Waals surface area contributed by atoms with Crippen molar-refractivity contribution in [3.05, 3.63) is 0 Å². The predicted octanol–water partition coefficient (Wildman–Crippen LogP) is 1.69. The van der Waals surface area contributed by atoms with Crippen LogP contribution in [0.5, 0.6) is 0 Å². The second-order valence-electron chi connectivity index (χ2n) is 6.78. The highest BCUT2D eigenvalue weighted by molar-refractivity contribution is 5.76. The number of amides is 1. The van der Waals surface area contributed by atoms with Crippen molar-refractivity contribution < 1.29 is 4.79 Å². The van der Waals surface area contributed by atoms with Crippen molar-refractivity contribution in [2.75, 3.05) is 33.7 Å². The van der Waals surface area contributed by atoms with Crippen molar-refractivity contribution in [3.63, 3.8) is 0 Å². The quantitative estimate of drug-likeness (QED) is 0.798. The van der Waals surface area contributed by atoms with Gasteiger partial charge in [0.25, 0.3) is 0 Å². The van der Waals surface area contributed by atoms with Crippen LogP contribution in [0.3, 0.4) is 0 Å². The Morgan fingerprint density at radius 2 is 1.84 bits per heavy atom. The molecule has 19 heavy (non-hydrogen) atoms. The Morgan fingerprint density at radius 3 is 2.32 bits per heavy atom. The van der Waals surface area contributed by atoms with E-state index in [0.717, 1.165) is 38.8 Å². The first-order chi connectivity index (χ1) is 8.85. The summed E-state index contributed by atoms with van der Waals surface area (Å²) in [5.41, 5.74) is 5.79. The average Bonchev–Trinajstić information content (AvgIpc) is 2.36. The van der Waals surface area contributed by atoms with Crippen LogP contribution < -0.4 is 5.73 Å². The standard InChI is InChI=1S/C15H31N3O/c1-15(2,9-10-16)8-5-14(19)18-11-6-13(7-12-18)17(3)4/h13H,5-12,16H2,1-4H3. The summed E-state index contributed by atoms with van der Waals surface area (Å²) >= 11 is 0. The fourth-order valence-electron chi connectivity index (χ4n) is 2.75. The smallest absolute Gasteiger partial charge is 0.222 e. The third-order valence-corrected chi connectivity index (χ3v) is 4.38. The van der Waals surface area contributed by atoms with E-state index in [0.29, 0.717) is 24.9 Å². The second kappa shape index (κ2) is 7.25. The zero-order valence-electron chi connectivity index (χ0n) is 13.1. The fourth-order valence-corrected chi connectivity index (χ4v) is 2.75. The van der Waals surface area contributed by atoms with E-state index < -0.39 is 0 Å². The van der Waals surface area contributed by atoms with Crippen LogP contribution in [-0.4, -0.2) is 55.5 Å². The predicted molar refractivity (Wildman–Crippen MR) is 80.0 cm³/mol. The number of likely N-dealkylation sites (tertiary alicyclic amines) is 1. The van der Waals surface area contributed by atoms with Gasteiger partial charge in [-0.2, -0.15) is 0 Å². The van der Waals surface area contributed by atoms with Crippen molar-refractivity contribution in [3.8, 4) is 0 Å². The minimum absolute atomic E-state index is 0.187. The topological polar surface area (TPSA) is 49.6 Å². The van der Waals surface area contributed by atoms with Crippen LogP contribution in [0.25, 0.3) is 0 Å². The number of carbonyl (C=O) groups is 1. The highest BCUT2D eigenvalue weighted by Crippen LogP contribution is 2.26. The van der Waals surface area contributed by atoms with E-state index in [1.54, 1.807) is 0 Å². The van der Waals surface area contributed by atoms with Crippen molar-refractivity contribution in [2.24, 2.45) is 11.1 Å². The number of rotatable bonds is 6. The van der Waals surface area contributed by atoms with Gasteiger partial charge in [-0.25, -0.2) is 0 Å². The molecule has 0 aromatic rings. The normalized spacial score (nSPS) is 18.1. The molecule has 4 nitrogen and oxygen atoms in total. The molecular formula is C15H31N3O. The molecule has 1 saturated heterocycles. The summed E-state index contributed by atoms with van der Waals surface area (Å²) in [6, 6.07) is 0.637. The molecule has 0 aliphatic carbocycles. The molecule has 0 bridgehead atoms. The Morgan fingerprint density at radius 1 is 1.26 bits per heavy atom. The maximum absolute atomic E-state index is 12.2. The van der Waals surface area contributed by atoms with Gasteiger partial charge < -0.3 is 15.5 Å². The number of carbonyl (C=O) groups excluding carboxylic acids is 1. The molecule has 4 heteroatoms. The summed E-state index contributed by atoms with van der Waals surface area (Å²) in [4.78, 5) is 16.5. The molecule has 0 aromatic carbocycles. The van der Waals surface area contributed by atoms with Crippen molar-refractivity contribution in [2.45, 2.75) is 52.0 Å². The Hall–Kier alpha value is -0.610. The van der Waals surface area contributed by atoms with Gasteiger partial charge in [0.05, 0.1) is 0 Å². The molecule has 0 unspecified atom stereocenters. The Bertz CT molecular complexity index is 281. The number of nitrogens with zero attached hydrogens (tertiary/aromatic N) is 2. The van der Waals surface area contributed by atoms with Gasteiger partial charge in [-0.05, 0) is 51.7 Å². The number of nitrogens with two attached hydrogens (primary N) is 1. The molecule has 0 saturated carbocycles. The van der Waals surface area contributed by atoms with E-state index in [1.807, 2.05) is 4.90 Å². The van der Waals surface area contributed by atoms with Gasteiger partial charge in [0.15, 0.2) is 0 Å². The van der Waals surface area contributed by atoms with E-state index in [-0.39, 0.29) is 5.41 Å². The lowest BCUT2D eigenvalue weighted by Crippen LogP contribution is -2.44. The van der Waals surface area contributed by atoms with Gasteiger partial charge in [0.2, 0.25) is 5.91 Å². The van der Waals surface area contributed by atoms with E-state index in [9.17, 15) is 4.79 Å². The van der Waals surface area contributed by atoms with Crippen LogP contribution in [0.2, 0.25) is 0 Å². The van der Waals surface area contributed by atoms with Crippen LogP contribution in [0.15, 0.2) is 0 Å². The lowest BCUT2D eigenvalue weighted by molar-refractivity contribution is -0.133. The minimum Gasteiger partial charge on any atom is -0.343 e. The van der Waals surface area contributed by atoms with Crippen LogP contribution in [0, 0.1) is 5.41 Å². The molecule has 1 amide bonds. The van der Waals surface area contributed by atoms with Gasteiger partial charge in [0.1, 0.15) is 0 Å². The first-order valence-electron chi connectivity index (χ1n) is 7.50. The van der Waals surface area contributed by atoms with Gasteiger partial charge >= 0.3 is 0 Å². The molecule has 1 aliphatic rings. The summed E-state index contributed by atoms with van der Waals surface area (Å²) in [5, 5.41) is 0. The Kier molecular flexibility index (Phi) is 6.27. The van der Waals surface area contributed by atoms with Gasteiger partial charge in [-0.1, -0.05) is 13.8 Å². The number of piperidine rings is 1. The highest BCUT2D eigenvalue weighted by Gasteiger charge is 2.25. The number of hydrogen-bond acceptors (Lipinski definition) is 3. The number of hydrogen-bond donors (Lipinski definition) is 1. The molecule has 1 aliphatic heterocycles. The lowest BCUT2D eigenvalue weighted by Gasteiger charge is -2.35. The average molecular weight is 269 g/mol. The summed E-state index contributed by atoms with van der Waals surface area (Å²) < 4.78 is 0.